The van der Waals surface area contributed by atoms with E-state index in [9.17, 15) is 0 Å². The Hall–Kier alpha value is -1.57. The van der Waals surface area contributed by atoms with E-state index in [4.69, 9.17) is 35.1 Å². The van der Waals surface area contributed by atoms with Gasteiger partial charge in [-0.3, -0.25) is 0 Å². The molecule has 1 heterocycles. The minimum absolute atomic E-state index is 0.567. The zero-order valence-electron chi connectivity index (χ0n) is 11.3. The van der Waals surface area contributed by atoms with Crippen molar-refractivity contribution in [3.8, 4) is 0 Å². The van der Waals surface area contributed by atoms with E-state index in [1.165, 1.54) is 18.2 Å². The molecule has 118 valence electrons. The normalized spacial score (nSPS) is 7.52. The molecule has 0 amide bonds. The number of nitrogens with zero attached hydrogens (tertiary/aromatic N) is 3. The first kappa shape index (κ1) is 26.3. The van der Waals surface area contributed by atoms with Crippen LogP contribution in [-0.2, 0) is 32.1 Å². The molecule has 1 aromatic heterocycles. The van der Waals surface area contributed by atoms with Crippen LogP contribution in [0.15, 0.2) is 58.9 Å². The van der Waals surface area contributed by atoms with Crippen molar-refractivity contribution in [2.75, 3.05) is 0 Å². The van der Waals surface area contributed by atoms with Gasteiger partial charge in [0.1, 0.15) is 5.69 Å². The van der Waals surface area contributed by atoms with E-state index in [2.05, 4.69) is 35.2 Å². The number of rotatable bonds is 2. The van der Waals surface area contributed by atoms with E-state index in [0.717, 1.165) is 0 Å². The Labute approximate surface area is 153 Å². The molecule has 6 nitrogen and oxygen atoms in total. The quantitative estimate of drug-likeness (QED) is 0.318. The Kier molecular flexibility index (Phi) is 26.0. The minimum atomic E-state index is 0.567. The van der Waals surface area contributed by atoms with Crippen LogP contribution in [0.3, 0.4) is 0 Å². The molecule has 0 saturated heterocycles. The summed E-state index contributed by atoms with van der Waals surface area (Å²) >= 11 is 7.11. The molecule has 0 aliphatic heterocycles. The summed E-state index contributed by atoms with van der Waals surface area (Å²) in [6, 6.07) is 12.7. The number of benzene rings is 1. The Balaban J connectivity index is -0.000000438. The van der Waals surface area contributed by atoms with Crippen LogP contribution in [-0.4, -0.2) is 4.98 Å². The monoisotopic (exact) mass is 523 g/mol. The number of halogens is 2. The summed E-state index contributed by atoms with van der Waals surface area (Å²) < 4.78 is 22.5. The van der Waals surface area contributed by atoms with Crippen LogP contribution < -0.4 is 0 Å². The third-order valence-corrected chi connectivity index (χ3v) is 2.08. The molecule has 0 N–H and O–H groups in total. The Morgan fingerprint density at radius 3 is 1.83 bits per heavy atom. The summed E-state index contributed by atoms with van der Waals surface area (Å²) in [6.07, 6.45) is 1.67. The van der Waals surface area contributed by atoms with Gasteiger partial charge in [0.2, 0.25) is 0 Å². The van der Waals surface area contributed by atoms with Crippen LogP contribution in [0.5, 0.6) is 0 Å². The molecule has 0 aliphatic carbocycles. The zero-order chi connectivity index (χ0) is 18.5. The SMILES string of the molecule is Clc1ccccc1N=Nc1ccccn1.[C-]#[O+].[C-]#[O+].[C-]#[O+].[Cl][Re]. The van der Waals surface area contributed by atoms with Crippen LogP contribution in [0.2, 0.25) is 5.02 Å². The molecule has 0 fully saturated rings. The first-order valence-corrected chi connectivity index (χ1v) is 8.93. The molecular weight excluding hydrogens is 515 g/mol. The van der Waals surface area contributed by atoms with Gasteiger partial charge in [-0.05, 0) is 24.3 Å². The molecule has 0 bridgehead atoms. The summed E-state index contributed by atoms with van der Waals surface area (Å²) in [5, 5.41) is 8.55. The molecule has 0 aliphatic rings. The molecule has 9 heteroatoms. The van der Waals surface area contributed by atoms with Crippen molar-refractivity contribution in [1.29, 1.82) is 0 Å². The van der Waals surface area contributed by atoms with E-state index in [-0.39, 0.29) is 0 Å². The fourth-order valence-electron chi connectivity index (χ4n) is 1.05. The third kappa shape index (κ3) is 13.8. The van der Waals surface area contributed by atoms with Gasteiger partial charge in [-0.2, -0.15) is 0 Å². The molecule has 0 unspecified atom stereocenters. The maximum absolute atomic E-state index is 7.50. The van der Waals surface area contributed by atoms with E-state index in [0.29, 0.717) is 16.5 Å². The molecule has 0 saturated carbocycles. The number of azo groups is 1. The van der Waals surface area contributed by atoms with Crippen molar-refractivity contribution >= 4 is 32.6 Å². The first-order chi connectivity index (χ1) is 11.4. The van der Waals surface area contributed by atoms with Crippen LogP contribution in [0.1, 0.15) is 0 Å². The Morgan fingerprint density at radius 1 is 0.826 bits per heavy atom. The van der Waals surface area contributed by atoms with E-state index >= 15 is 0 Å². The number of pyridine rings is 1. The Morgan fingerprint density at radius 2 is 1.35 bits per heavy atom. The van der Waals surface area contributed by atoms with Gasteiger partial charge in [0.05, 0.1) is 5.02 Å². The molecule has 0 spiro atoms. The predicted molar refractivity (Wildman–Crippen MR) is 77.5 cm³/mol. The van der Waals surface area contributed by atoms with E-state index in [1.54, 1.807) is 24.4 Å². The first-order valence-electron chi connectivity index (χ1n) is 5.19. The van der Waals surface area contributed by atoms with Crippen molar-refractivity contribution in [3.05, 3.63) is 73.6 Å². The van der Waals surface area contributed by atoms with Gasteiger partial charge in [0, 0.05) is 6.20 Å². The molecular formula is C14H8Cl2N3O3Re. The van der Waals surface area contributed by atoms with Crippen LogP contribution in [0.4, 0.5) is 11.5 Å². The van der Waals surface area contributed by atoms with Gasteiger partial charge >= 0.3 is 61.6 Å². The summed E-state index contributed by atoms with van der Waals surface area (Å²) in [6.45, 7) is 13.5. The van der Waals surface area contributed by atoms with Gasteiger partial charge in [-0.25, -0.2) is 4.98 Å². The Bertz CT molecular complexity index is 591. The molecule has 23 heavy (non-hydrogen) atoms. The summed E-state index contributed by atoms with van der Waals surface area (Å²) in [4.78, 5) is 4.02. The summed E-state index contributed by atoms with van der Waals surface area (Å²) in [5.74, 6) is 0.567. The molecule has 2 aromatic rings. The van der Waals surface area contributed by atoms with E-state index in [1.807, 2.05) is 24.3 Å². The summed E-state index contributed by atoms with van der Waals surface area (Å²) in [5.41, 5.74) is 0.643. The van der Waals surface area contributed by atoms with Gasteiger partial charge < -0.3 is 0 Å². The predicted octanol–water partition coefficient (Wildman–Crippen LogP) is 4.72. The summed E-state index contributed by atoms with van der Waals surface area (Å²) in [7, 11) is 4.69. The topological polar surface area (TPSA) is 97.3 Å². The molecule has 0 atom stereocenters. The molecule has 0 radical (unpaired) electrons. The molecule has 2 rings (SSSR count). The zero-order valence-corrected chi connectivity index (χ0v) is 15.5. The second kappa shape index (κ2) is 22.7. The van der Waals surface area contributed by atoms with Crippen molar-refractivity contribution in [3.63, 3.8) is 0 Å². The number of hydrogen-bond donors (Lipinski definition) is 0. The average molecular weight is 523 g/mol. The van der Waals surface area contributed by atoms with Crippen molar-refractivity contribution in [2.24, 2.45) is 10.2 Å². The van der Waals surface area contributed by atoms with Crippen LogP contribution >= 0.6 is 21.1 Å². The van der Waals surface area contributed by atoms with Gasteiger partial charge in [0.25, 0.3) is 0 Å². The average Bonchev–Trinajstić information content (AvgIpc) is 2.68. The fraction of sp³-hybridized carbons (Fsp3) is 0. The molecule has 1 aromatic carbocycles. The van der Waals surface area contributed by atoms with Crippen molar-refractivity contribution in [1.82, 2.24) is 4.98 Å². The van der Waals surface area contributed by atoms with Gasteiger partial charge in [0.15, 0.2) is 5.82 Å². The van der Waals surface area contributed by atoms with Gasteiger partial charge in [-0.1, -0.05) is 29.8 Å². The maximum atomic E-state index is 7.50. The second-order valence-corrected chi connectivity index (χ2v) is 3.25. The van der Waals surface area contributed by atoms with Crippen molar-refractivity contribution < 1.29 is 32.1 Å². The van der Waals surface area contributed by atoms with Crippen LogP contribution in [0.25, 0.3) is 0 Å². The fourth-order valence-corrected chi connectivity index (χ4v) is 1.22. The third-order valence-electron chi connectivity index (χ3n) is 1.76. The number of aromatic nitrogens is 1. The van der Waals surface area contributed by atoms with Crippen molar-refractivity contribution in [2.45, 2.75) is 0 Å². The van der Waals surface area contributed by atoms with E-state index < -0.39 is 0 Å². The number of hydrogen-bond acceptors (Lipinski definition) is 3. The van der Waals surface area contributed by atoms with Gasteiger partial charge in [-0.15, -0.1) is 10.2 Å². The standard InChI is InChI=1S/C11H8ClN3.3CO.ClH.Re/c12-9-5-1-2-6-10(9)14-15-11-7-3-4-8-13-11;3*1-2;;/h1-8H;;;;1H;/q;;;;;+1/p-1. The second-order valence-electron chi connectivity index (χ2n) is 2.84. The van der Waals surface area contributed by atoms with Crippen LogP contribution in [0, 0.1) is 20.0 Å².